The van der Waals surface area contributed by atoms with Gasteiger partial charge in [-0.05, 0) is 12.8 Å². The second kappa shape index (κ2) is 3.80. The van der Waals surface area contributed by atoms with Crippen LogP contribution in [0.5, 0.6) is 0 Å². The second-order valence-electron chi connectivity index (χ2n) is 2.64. The van der Waals surface area contributed by atoms with Crippen LogP contribution in [0.25, 0.3) is 0 Å². The van der Waals surface area contributed by atoms with Crippen molar-refractivity contribution in [2.75, 3.05) is 7.05 Å². The molecule has 0 spiro atoms. The molecular weight excluding hydrogens is 178 g/mol. The molecule has 0 bridgehead atoms. The van der Waals surface area contributed by atoms with Crippen LogP contribution in [0.1, 0.15) is 12.8 Å². The summed E-state index contributed by atoms with van der Waals surface area (Å²) in [6.07, 6.45) is 1.26. The van der Waals surface area contributed by atoms with Crippen molar-refractivity contribution < 1.29 is 14.7 Å². The maximum Gasteiger partial charge on any atom is 0.316 e. The van der Waals surface area contributed by atoms with Gasteiger partial charge in [0.05, 0.1) is 5.25 Å². The van der Waals surface area contributed by atoms with E-state index in [0.29, 0.717) is 12.8 Å². The van der Waals surface area contributed by atoms with Crippen LogP contribution in [0.15, 0.2) is 0 Å². The lowest BCUT2D eigenvalue weighted by atomic mass is 10.2. The molecule has 1 heterocycles. The summed E-state index contributed by atoms with van der Waals surface area (Å²) in [5.41, 5.74) is 0. The zero-order chi connectivity index (χ0) is 9.14. The van der Waals surface area contributed by atoms with Crippen LogP contribution >= 0.6 is 11.8 Å². The van der Waals surface area contributed by atoms with Crippen LogP contribution in [0.2, 0.25) is 0 Å². The van der Waals surface area contributed by atoms with Crippen LogP contribution in [0, 0.1) is 0 Å². The Bertz CT molecular complexity index is 207. The van der Waals surface area contributed by atoms with Crippen molar-refractivity contribution in [1.29, 1.82) is 0 Å². The summed E-state index contributed by atoms with van der Waals surface area (Å²) < 4.78 is 0. The van der Waals surface area contributed by atoms with Gasteiger partial charge in [-0.3, -0.25) is 9.59 Å². The molecule has 0 aliphatic carbocycles. The van der Waals surface area contributed by atoms with E-state index in [2.05, 4.69) is 5.32 Å². The molecule has 2 atom stereocenters. The summed E-state index contributed by atoms with van der Waals surface area (Å²) in [7, 11) is 1.57. The molecule has 5 heteroatoms. The first-order chi connectivity index (χ1) is 5.65. The van der Waals surface area contributed by atoms with Crippen molar-refractivity contribution in [2.45, 2.75) is 23.3 Å². The van der Waals surface area contributed by atoms with Gasteiger partial charge in [-0.15, -0.1) is 11.8 Å². The molecule has 68 valence electrons. The van der Waals surface area contributed by atoms with E-state index in [4.69, 9.17) is 5.11 Å². The highest BCUT2D eigenvalue weighted by atomic mass is 32.2. The minimum Gasteiger partial charge on any atom is -0.480 e. The first-order valence-corrected chi connectivity index (χ1v) is 4.69. The SMILES string of the molecule is CNC(=O)[C@H]1CC[C@H](C(=O)O)S1. The zero-order valence-electron chi connectivity index (χ0n) is 6.74. The predicted molar refractivity (Wildman–Crippen MR) is 46.1 cm³/mol. The van der Waals surface area contributed by atoms with E-state index in [1.54, 1.807) is 7.05 Å². The number of carboxylic acids is 1. The molecule has 12 heavy (non-hydrogen) atoms. The van der Waals surface area contributed by atoms with Gasteiger partial charge in [-0.25, -0.2) is 0 Å². The van der Waals surface area contributed by atoms with Crippen LogP contribution in [0.4, 0.5) is 0 Å². The van der Waals surface area contributed by atoms with Gasteiger partial charge in [0.2, 0.25) is 5.91 Å². The highest BCUT2D eigenvalue weighted by Crippen LogP contribution is 2.33. The fourth-order valence-electron chi connectivity index (χ4n) is 1.17. The number of hydrogen-bond acceptors (Lipinski definition) is 3. The Morgan fingerprint density at radius 3 is 2.42 bits per heavy atom. The third-order valence-corrected chi connectivity index (χ3v) is 3.38. The third kappa shape index (κ3) is 1.91. The van der Waals surface area contributed by atoms with Gasteiger partial charge >= 0.3 is 5.97 Å². The average Bonchev–Trinajstić information content (AvgIpc) is 2.51. The normalized spacial score (nSPS) is 28.4. The number of hydrogen-bond donors (Lipinski definition) is 2. The average molecular weight is 189 g/mol. The van der Waals surface area contributed by atoms with E-state index in [0.717, 1.165) is 0 Å². The van der Waals surface area contributed by atoms with E-state index in [1.165, 1.54) is 11.8 Å². The Hall–Kier alpha value is -0.710. The Balaban J connectivity index is 2.45. The summed E-state index contributed by atoms with van der Waals surface area (Å²) in [6, 6.07) is 0. The molecule has 1 aliphatic heterocycles. The monoisotopic (exact) mass is 189 g/mol. The molecule has 0 aromatic rings. The van der Waals surface area contributed by atoms with Gasteiger partial charge in [0.15, 0.2) is 0 Å². The molecule has 1 aliphatic rings. The number of nitrogens with one attached hydrogen (secondary N) is 1. The fraction of sp³-hybridized carbons (Fsp3) is 0.714. The first-order valence-electron chi connectivity index (χ1n) is 3.75. The van der Waals surface area contributed by atoms with Crippen molar-refractivity contribution in [3.63, 3.8) is 0 Å². The number of thioether (sulfide) groups is 1. The number of carbonyl (C=O) groups is 2. The van der Waals surface area contributed by atoms with Crippen LogP contribution < -0.4 is 5.32 Å². The molecule has 0 saturated carbocycles. The highest BCUT2D eigenvalue weighted by molar-refractivity contribution is 8.02. The highest BCUT2D eigenvalue weighted by Gasteiger charge is 2.33. The smallest absolute Gasteiger partial charge is 0.316 e. The Labute approximate surface area is 74.7 Å². The molecule has 1 rings (SSSR count). The number of aliphatic carboxylic acids is 1. The first kappa shape index (κ1) is 9.38. The summed E-state index contributed by atoms with van der Waals surface area (Å²) in [4.78, 5) is 21.6. The summed E-state index contributed by atoms with van der Waals surface area (Å²) in [5.74, 6) is -0.879. The summed E-state index contributed by atoms with van der Waals surface area (Å²) in [5, 5.41) is 10.6. The molecule has 0 unspecified atom stereocenters. The number of carbonyl (C=O) groups excluding carboxylic acids is 1. The van der Waals surface area contributed by atoms with Gasteiger partial charge in [-0.1, -0.05) is 0 Å². The lowest BCUT2D eigenvalue weighted by Gasteiger charge is -2.06. The van der Waals surface area contributed by atoms with Gasteiger partial charge in [0.25, 0.3) is 0 Å². The third-order valence-electron chi connectivity index (χ3n) is 1.83. The van der Waals surface area contributed by atoms with Crippen LogP contribution in [0.3, 0.4) is 0 Å². The summed E-state index contributed by atoms with van der Waals surface area (Å²) >= 11 is 1.24. The van der Waals surface area contributed by atoms with E-state index < -0.39 is 11.2 Å². The second-order valence-corrected chi connectivity index (χ2v) is 4.05. The van der Waals surface area contributed by atoms with Gasteiger partial charge < -0.3 is 10.4 Å². The standard InChI is InChI=1S/C7H11NO3S/c1-8-6(9)4-2-3-5(12-4)7(10)11/h4-5H,2-3H2,1H3,(H,8,9)(H,10,11)/t4-,5-/m1/s1. The molecule has 2 N–H and O–H groups in total. The van der Waals surface area contributed by atoms with Gasteiger partial charge in [0.1, 0.15) is 5.25 Å². The topological polar surface area (TPSA) is 66.4 Å². The predicted octanol–water partition coefficient (Wildman–Crippen LogP) is 0.0812. The van der Waals surface area contributed by atoms with Crippen LogP contribution in [-0.2, 0) is 9.59 Å². The minimum absolute atomic E-state index is 0.0660. The molecule has 1 saturated heterocycles. The number of carboxylic acid groups (broad SMARTS) is 1. The molecule has 1 fully saturated rings. The largest absolute Gasteiger partial charge is 0.480 e. The quantitative estimate of drug-likeness (QED) is 0.645. The van der Waals surface area contributed by atoms with E-state index in [1.807, 2.05) is 0 Å². The lowest BCUT2D eigenvalue weighted by Crippen LogP contribution is -2.28. The van der Waals surface area contributed by atoms with Gasteiger partial charge in [-0.2, -0.15) is 0 Å². The van der Waals surface area contributed by atoms with Crippen molar-refractivity contribution in [2.24, 2.45) is 0 Å². The van der Waals surface area contributed by atoms with Gasteiger partial charge in [0, 0.05) is 7.05 Å². The van der Waals surface area contributed by atoms with Crippen molar-refractivity contribution >= 4 is 23.6 Å². The lowest BCUT2D eigenvalue weighted by molar-refractivity contribution is -0.136. The molecule has 0 aromatic heterocycles. The number of amides is 1. The summed E-state index contributed by atoms with van der Waals surface area (Å²) in [6.45, 7) is 0. The maximum absolute atomic E-state index is 11.1. The van der Waals surface area contributed by atoms with Crippen LogP contribution in [-0.4, -0.2) is 34.5 Å². The Morgan fingerprint density at radius 1 is 1.42 bits per heavy atom. The molecule has 1 amide bonds. The Kier molecular flexibility index (Phi) is 2.97. The van der Waals surface area contributed by atoms with E-state index in [-0.39, 0.29) is 11.2 Å². The number of rotatable bonds is 2. The van der Waals surface area contributed by atoms with Crippen molar-refractivity contribution in [3.05, 3.63) is 0 Å². The fourth-order valence-corrected chi connectivity index (χ4v) is 2.47. The zero-order valence-corrected chi connectivity index (χ0v) is 7.56. The van der Waals surface area contributed by atoms with Crippen molar-refractivity contribution in [1.82, 2.24) is 5.32 Å². The van der Waals surface area contributed by atoms with E-state index in [9.17, 15) is 9.59 Å². The Morgan fingerprint density at radius 2 is 2.00 bits per heavy atom. The molecular formula is C7H11NO3S. The maximum atomic E-state index is 11.1. The molecule has 0 aromatic carbocycles. The van der Waals surface area contributed by atoms with Crippen molar-refractivity contribution in [3.8, 4) is 0 Å². The minimum atomic E-state index is -0.814. The molecule has 4 nitrogen and oxygen atoms in total. The molecule has 0 radical (unpaired) electrons. The van der Waals surface area contributed by atoms with E-state index >= 15 is 0 Å².